The van der Waals surface area contributed by atoms with Crippen LogP contribution in [0.1, 0.15) is 137 Å². The van der Waals surface area contributed by atoms with E-state index >= 15 is 0 Å². The van der Waals surface area contributed by atoms with Crippen LogP contribution in [-0.2, 0) is 0 Å². The molecule has 0 saturated heterocycles. The number of amides is 2. The van der Waals surface area contributed by atoms with Gasteiger partial charge in [0, 0.05) is 22.9 Å². The standard InChI is InChI=1S/C31H44N2O2.Li.H/c1-18(2)24-13-11-14-25(19(3)4)28(24)30(34)32-22(9)17-23(10)33-31(35)29-26(20(5)6)15-12-16-27(29)21(7)8;;/h11-22H,1-10H3,(H,32,34)(H,33,35);;/q;+1;-1. The van der Waals surface area contributed by atoms with E-state index in [1.807, 2.05) is 56.3 Å². The molecule has 0 fully saturated rings. The molecule has 0 aromatic heterocycles. The van der Waals surface area contributed by atoms with Crippen LogP contribution in [0, 0.1) is 0 Å². The molecule has 2 aromatic carbocycles. The summed E-state index contributed by atoms with van der Waals surface area (Å²) in [5, 5.41) is 6.18. The molecule has 36 heavy (non-hydrogen) atoms. The SMILES string of the molecule is CC(=CC(C)NC(=O)c1c(C(C)C)cccc1C(C)C)NC(=O)c1c(C(C)C)cccc1C(C)C.[H-].[Li+]. The topological polar surface area (TPSA) is 58.2 Å². The van der Waals surface area contributed by atoms with E-state index in [0.29, 0.717) is 0 Å². The van der Waals surface area contributed by atoms with Crippen LogP contribution in [0.2, 0.25) is 0 Å². The summed E-state index contributed by atoms with van der Waals surface area (Å²) in [6.45, 7) is 20.7. The molecule has 2 amide bonds. The van der Waals surface area contributed by atoms with Gasteiger partial charge in [-0.3, -0.25) is 9.59 Å². The van der Waals surface area contributed by atoms with Gasteiger partial charge in [0.15, 0.2) is 0 Å². The smallest absolute Gasteiger partial charge is 1.00 e. The molecule has 0 bridgehead atoms. The second-order valence-corrected chi connectivity index (χ2v) is 10.8. The van der Waals surface area contributed by atoms with Gasteiger partial charge in [-0.1, -0.05) is 91.8 Å². The molecule has 0 aliphatic carbocycles. The first-order chi connectivity index (χ1) is 16.3. The first kappa shape index (κ1) is 31.7. The third-order valence-electron chi connectivity index (χ3n) is 6.37. The molecule has 0 aliphatic rings. The van der Waals surface area contributed by atoms with Crippen LogP contribution in [0.5, 0.6) is 0 Å². The van der Waals surface area contributed by atoms with E-state index in [1.165, 1.54) is 0 Å². The van der Waals surface area contributed by atoms with Crippen molar-refractivity contribution < 1.29 is 29.9 Å². The Morgan fingerprint density at radius 2 is 1.00 bits per heavy atom. The van der Waals surface area contributed by atoms with Crippen molar-refractivity contribution in [1.29, 1.82) is 0 Å². The number of carbonyl (C=O) groups excluding carboxylic acids is 2. The zero-order valence-electron chi connectivity index (χ0n) is 25.2. The fourth-order valence-corrected chi connectivity index (χ4v) is 4.61. The molecular weight excluding hydrogens is 439 g/mol. The van der Waals surface area contributed by atoms with Gasteiger partial charge >= 0.3 is 18.9 Å². The molecule has 2 rings (SSSR count). The Morgan fingerprint density at radius 1 is 0.667 bits per heavy atom. The zero-order valence-corrected chi connectivity index (χ0v) is 24.2. The van der Waals surface area contributed by atoms with Gasteiger partial charge in [0.1, 0.15) is 0 Å². The molecule has 2 aromatic rings. The van der Waals surface area contributed by atoms with E-state index in [1.54, 1.807) is 0 Å². The van der Waals surface area contributed by atoms with Gasteiger partial charge < -0.3 is 12.1 Å². The monoisotopic (exact) mass is 484 g/mol. The van der Waals surface area contributed by atoms with Crippen molar-refractivity contribution in [1.82, 2.24) is 10.6 Å². The number of benzene rings is 2. The van der Waals surface area contributed by atoms with E-state index in [4.69, 9.17) is 0 Å². The summed E-state index contributed by atoms with van der Waals surface area (Å²) in [6, 6.07) is 12.0. The Kier molecular flexibility index (Phi) is 12.2. The van der Waals surface area contributed by atoms with Gasteiger partial charge in [-0.05, 0) is 65.8 Å². The average Bonchev–Trinajstić information content (AvgIpc) is 2.77. The van der Waals surface area contributed by atoms with Crippen molar-refractivity contribution >= 4 is 11.8 Å². The summed E-state index contributed by atoms with van der Waals surface area (Å²) < 4.78 is 0. The van der Waals surface area contributed by atoms with Crippen molar-refractivity contribution in [2.24, 2.45) is 0 Å². The quantitative estimate of drug-likeness (QED) is 0.505. The first-order valence-electron chi connectivity index (χ1n) is 12.9. The summed E-state index contributed by atoms with van der Waals surface area (Å²) in [4.78, 5) is 26.7. The molecule has 0 spiro atoms. The maximum atomic E-state index is 13.3. The Bertz CT molecular complexity index is 1040. The second kappa shape index (κ2) is 13.9. The summed E-state index contributed by atoms with van der Waals surface area (Å²) in [5.41, 5.74) is 6.46. The van der Waals surface area contributed by atoms with Gasteiger partial charge in [0.05, 0.1) is 0 Å². The van der Waals surface area contributed by atoms with Crippen molar-refractivity contribution in [3.8, 4) is 0 Å². The summed E-state index contributed by atoms with van der Waals surface area (Å²) in [5.74, 6) is 0.807. The molecule has 2 N–H and O–H groups in total. The van der Waals surface area contributed by atoms with E-state index in [9.17, 15) is 9.59 Å². The molecule has 5 heteroatoms. The van der Waals surface area contributed by atoms with Crippen LogP contribution in [0.3, 0.4) is 0 Å². The van der Waals surface area contributed by atoms with Crippen molar-refractivity contribution in [2.45, 2.75) is 99.0 Å². The first-order valence-corrected chi connectivity index (χ1v) is 12.9. The van der Waals surface area contributed by atoms with E-state index in [2.05, 4.69) is 66.0 Å². The van der Waals surface area contributed by atoms with Gasteiger partial charge in [-0.2, -0.15) is 0 Å². The maximum Gasteiger partial charge on any atom is 1.00 e. The molecule has 0 aliphatic heterocycles. The zero-order chi connectivity index (χ0) is 26.4. The molecule has 1 unspecified atom stereocenters. The third-order valence-corrected chi connectivity index (χ3v) is 6.37. The normalized spacial score (nSPS) is 12.7. The number of hydrogen-bond donors (Lipinski definition) is 2. The summed E-state index contributed by atoms with van der Waals surface area (Å²) in [7, 11) is 0. The minimum absolute atomic E-state index is 0. The minimum atomic E-state index is -0.243. The average molecular weight is 485 g/mol. The second-order valence-electron chi connectivity index (χ2n) is 10.8. The van der Waals surface area contributed by atoms with Crippen molar-refractivity contribution in [3.05, 3.63) is 81.6 Å². The number of carbonyl (C=O) groups is 2. The molecule has 4 nitrogen and oxygen atoms in total. The number of allylic oxidation sites excluding steroid dienone is 1. The van der Waals surface area contributed by atoms with Crippen molar-refractivity contribution in [3.63, 3.8) is 0 Å². The van der Waals surface area contributed by atoms with E-state index < -0.39 is 0 Å². The van der Waals surface area contributed by atoms with Crippen LogP contribution < -0.4 is 29.5 Å². The van der Waals surface area contributed by atoms with E-state index in [-0.39, 0.29) is 61.8 Å². The maximum absolute atomic E-state index is 13.3. The molecular formula is C31H45LiN2O2. The molecule has 192 valence electrons. The summed E-state index contributed by atoms with van der Waals surface area (Å²) in [6.07, 6.45) is 1.90. The predicted octanol–water partition coefficient (Wildman–Crippen LogP) is 4.75. The van der Waals surface area contributed by atoms with Gasteiger partial charge in [-0.25, -0.2) is 0 Å². The third kappa shape index (κ3) is 7.86. The van der Waals surface area contributed by atoms with Crippen molar-refractivity contribution in [2.75, 3.05) is 0 Å². The van der Waals surface area contributed by atoms with Crippen LogP contribution in [0.4, 0.5) is 0 Å². The Hall–Kier alpha value is -2.28. The number of nitrogens with one attached hydrogen (secondary N) is 2. The van der Waals surface area contributed by atoms with Gasteiger partial charge in [0.2, 0.25) is 0 Å². The fraction of sp³-hybridized carbons (Fsp3) is 0.484. The molecule has 1 atom stereocenters. The minimum Gasteiger partial charge on any atom is -1.00 e. The molecule has 0 heterocycles. The predicted molar refractivity (Wildman–Crippen MR) is 149 cm³/mol. The van der Waals surface area contributed by atoms with Crippen LogP contribution in [0.15, 0.2) is 48.2 Å². The Morgan fingerprint density at radius 3 is 1.33 bits per heavy atom. The summed E-state index contributed by atoms with van der Waals surface area (Å²) >= 11 is 0. The Labute approximate surface area is 232 Å². The molecule has 0 radical (unpaired) electrons. The Balaban J connectivity index is 0.00000648. The van der Waals surface area contributed by atoms with Crippen LogP contribution in [-0.4, -0.2) is 17.9 Å². The number of hydrogen-bond acceptors (Lipinski definition) is 2. The largest absolute Gasteiger partial charge is 1.00 e. The number of rotatable bonds is 9. The van der Waals surface area contributed by atoms with Crippen LogP contribution in [0.25, 0.3) is 0 Å². The van der Waals surface area contributed by atoms with Gasteiger partial charge in [0.25, 0.3) is 11.8 Å². The molecule has 0 saturated carbocycles. The van der Waals surface area contributed by atoms with Gasteiger partial charge in [-0.15, -0.1) is 0 Å². The fourth-order valence-electron chi connectivity index (χ4n) is 4.61. The van der Waals surface area contributed by atoms with E-state index in [0.717, 1.165) is 39.1 Å². The van der Waals surface area contributed by atoms with Crippen LogP contribution >= 0.6 is 0 Å².